The summed E-state index contributed by atoms with van der Waals surface area (Å²) in [4.78, 5) is 53.2. The fourth-order valence-electron chi connectivity index (χ4n) is 2.45. The van der Waals surface area contributed by atoms with E-state index in [1.54, 1.807) is 6.07 Å². The Morgan fingerprint density at radius 2 is 1.85 bits per heavy atom. The number of halogens is 1. The number of ether oxygens (including phenoxy) is 1. The third-order valence-electron chi connectivity index (χ3n) is 3.96. The Bertz CT molecular complexity index is 958. The Morgan fingerprint density at radius 3 is 2.52 bits per heavy atom. The van der Waals surface area contributed by atoms with Crippen LogP contribution in [-0.4, -0.2) is 46.7 Å². The quantitative estimate of drug-likeness (QED) is 0.636. The van der Waals surface area contributed by atoms with Crippen molar-refractivity contribution in [2.75, 3.05) is 12.4 Å². The van der Waals surface area contributed by atoms with E-state index in [0.717, 1.165) is 4.90 Å². The molecule has 1 aliphatic heterocycles. The summed E-state index contributed by atoms with van der Waals surface area (Å²) in [7, 11) is 1.36. The molecule has 1 aromatic carbocycles. The molecular formula is C18H14ClN3O5. The molecule has 0 fully saturated rings. The highest BCUT2D eigenvalue weighted by molar-refractivity contribution is 6.30. The molecule has 2 aromatic rings. The standard InChI is InChI=1S/C18H14ClN3O5/c1-9(15(23)21-14-6-4-11(19)8-20-14)27-18(26)10-3-5-12-13(7-10)17(25)22(2)16(12)24/h3-9H,1-2H3,(H,20,21,23)/t9-/m1/s1. The molecule has 0 aliphatic carbocycles. The van der Waals surface area contributed by atoms with Crippen LogP contribution in [0.1, 0.15) is 38.0 Å². The van der Waals surface area contributed by atoms with Crippen molar-refractivity contribution in [1.29, 1.82) is 0 Å². The van der Waals surface area contributed by atoms with Crippen LogP contribution in [-0.2, 0) is 9.53 Å². The van der Waals surface area contributed by atoms with Crippen LogP contribution in [0.4, 0.5) is 5.82 Å². The van der Waals surface area contributed by atoms with E-state index in [-0.39, 0.29) is 22.5 Å². The molecule has 9 heteroatoms. The number of benzene rings is 1. The monoisotopic (exact) mass is 387 g/mol. The molecule has 0 spiro atoms. The molecule has 2 heterocycles. The molecular weight excluding hydrogens is 374 g/mol. The fraction of sp³-hybridized carbons (Fsp3) is 0.167. The molecule has 0 saturated heterocycles. The average molecular weight is 388 g/mol. The molecule has 3 amide bonds. The third kappa shape index (κ3) is 3.65. The molecule has 0 radical (unpaired) electrons. The summed E-state index contributed by atoms with van der Waals surface area (Å²) in [5.74, 6) is -2.04. The zero-order valence-corrected chi connectivity index (χ0v) is 15.1. The van der Waals surface area contributed by atoms with Gasteiger partial charge in [0.05, 0.1) is 21.7 Å². The van der Waals surface area contributed by atoms with Gasteiger partial charge in [-0.1, -0.05) is 11.6 Å². The molecule has 1 aliphatic rings. The minimum Gasteiger partial charge on any atom is -0.449 e. The van der Waals surface area contributed by atoms with Crippen molar-refractivity contribution in [3.8, 4) is 0 Å². The van der Waals surface area contributed by atoms with E-state index in [4.69, 9.17) is 16.3 Å². The molecule has 1 atom stereocenters. The van der Waals surface area contributed by atoms with Gasteiger partial charge in [0.2, 0.25) is 0 Å². The van der Waals surface area contributed by atoms with E-state index >= 15 is 0 Å². The van der Waals surface area contributed by atoms with Crippen molar-refractivity contribution in [2.24, 2.45) is 0 Å². The minimum absolute atomic E-state index is 0.0643. The van der Waals surface area contributed by atoms with E-state index in [0.29, 0.717) is 5.02 Å². The largest absolute Gasteiger partial charge is 0.449 e. The van der Waals surface area contributed by atoms with Crippen molar-refractivity contribution in [3.63, 3.8) is 0 Å². The van der Waals surface area contributed by atoms with Crippen LogP contribution < -0.4 is 5.32 Å². The van der Waals surface area contributed by atoms with Gasteiger partial charge in [-0.05, 0) is 37.3 Å². The van der Waals surface area contributed by atoms with Crippen LogP contribution in [0.3, 0.4) is 0 Å². The van der Waals surface area contributed by atoms with Gasteiger partial charge in [0.25, 0.3) is 17.7 Å². The van der Waals surface area contributed by atoms with Crippen LogP contribution in [0.2, 0.25) is 5.02 Å². The molecule has 0 bridgehead atoms. The van der Waals surface area contributed by atoms with E-state index in [9.17, 15) is 19.2 Å². The maximum Gasteiger partial charge on any atom is 0.338 e. The average Bonchev–Trinajstić information content (AvgIpc) is 2.87. The Kier molecular flexibility index (Phi) is 4.91. The lowest BCUT2D eigenvalue weighted by atomic mass is 10.1. The predicted molar refractivity (Wildman–Crippen MR) is 95.6 cm³/mol. The van der Waals surface area contributed by atoms with Gasteiger partial charge in [0, 0.05) is 13.2 Å². The highest BCUT2D eigenvalue weighted by Gasteiger charge is 2.33. The zero-order valence-electron chi connectivity index (χ0n) is 14.4. The number of rotatable bonds is 4. The van der Waals surface area contributed by atoms with Crippen LogP contribution in [0.25, 0.3) is 0 Å². The lowest BCUT2D eigenvalue weighted by molar-refractivity contribution is -0.123. The lowest BCUT2D eigenvalue weighted by Crippen LogP contribution is -2.30. The van der Waals surface area contributed by atoms with Gasteiger partial charge in [-0.2, -0.15) is 0 Å². The Hall–Kier alpha value is -3.26. The SMILES string of the molecule is C[C@@H](OC(=O)c1ccc2c(c1)C(=O)N(C)C2=O)C(=O)Nc1ccc(Cl)cn1. The van der Waals surface area contributed by atoms with Gasteiger partial charge >= 0.3 is 5.97 Å². The number of nitrogens with zero attached hydrogens (tertiary/aromatic N) is 2. The number of carbonyl (C=O) groups excluding carboxylic acids is 4. The molecule has 0 unspecified atom stereocenters. The Balaban J connectivity index is 1.68. The van der Waals surface area contributed by atoms with Crippen molar-refractivity contribution in [1.82, 2.24) is 9.88 Å². The number of pyridine rings is 1. The maximum atomic E-state index is 12.3. The molecule has 8 nitrogen and oxygen atoms in total. The van der Waals surface area contributed by atoms with Gasteiger partial charge in [-0.3, -0.25) is 19.3 Å². The number of carbonyl (C=O) groups is 4. The fourth-order valence-corrected chi connectivity index (χ4v) is 2.56. The minimum atomic E-state index is -1.11. The normalized spacial score (nSPS) is 14.0. The first-order valence-electron chi connectivity index (χ1n) is 7.87. The maximum absolute atomic E-state index is 12.3. The number of esters is 1. The topological polar surface area (TPSA) is 106 Å². The number of nitrogens with one attached hydrogen (secondary N) is 1. The molecule has 27 heavy (non-hydrogen) atoms. The number of anilines is 1. The number of hydrogen-bond acceptors (Lipinski definition) is 6. The first-order valence-corrected chi connectivity index (χ1v) is 8.25. The van der Waals surface area contributed by atoms with Crippen LogP contribution in [0.5, 0.6) is 0 Å². The van der Waals surface area contributed by atoms with Gasteiger partial charge in [-0.25, -0.2) is 9.78 Å². The third-order valence-corrected chi connectivity index (χ3v) is 4.18. The van der Waals surface area contributed by atoms with Crippen molar-refractivity contribution < 1.29 is 23.9 Å². The van der Waals surface area contributed by atoms with E-state index < -0.39 is 29.8 Å². The summed E-state index contributed by atoms with van der Waals surface area (Å²) in [5, 5.41) is 2.91. The van der Waals surface area contributed by atoms with Crippen LogP contribution in [0, 0.1) is 0 Å². The second kappa shape index (κ2) is 7.16. The summed E-state index contributed by atoms with van der Waals surface area (Å²) in [5.41, 5.74) is 0.410. The number of fused-ring (bicyclic) bond motifs is 1. The van der Waals surface area contributed by atoms with Crippen molar-refractivity contribution >= 4 is 41.1 Å². The highest BCUT2D eigenvalue weighted by atomic mass is 35.5. The summed E-state index contributed by atoms with van der Waals surface area (Å²) >= 11 is 5.72. The lowest BCUT2D eigenvalue weighted by Gasteiger charge is -2.13. The molecule has 0 saturated carbocycles. The Morgan fingerprint density at radius 1 is 1.15 bits per heavy atom. The molecule has 1 N–H and O–H groups in total. The van der Waals surface area contributed by atoms with Crippen LogP contribution in [0.15, 0.2) is 36.5 Å². The first-order chi connectivity index (χ1) is 12.8. The van der Waals surface area contributed by atoms with E-state index in [1.165, 1.54) is 44.4 Å². The van der Waals surface area contributed by atoms with Crippen molar-refractivity contribution in [2.45, 2.75) is 13.0 Å². The second-order valence-corrected chi connectivity index (χ2v) is 6.26. The smallest absolute Gasteiger partial charge is 0.338 e. The number of amides is 3. The number of aromatic nitrogens is 1. The summed E-state index contributed by atoms with van der Waals surface area (Å²) in [6.07, 6.45) is 0.261. The Labute approximate surface area is 159 Å². The number of hydrogen-bond donors (Lipinski definition) is 1. The molecule has 1 aromatic heterocycles. The summed E-state index contributed by atoms with van der Waals surface area (Å²) < 4.78 is 5.13. The molecule has 3 rings (SSSR count). The van der Waals surface area contributed by atoms with Gasteiger partial charge in [-0.15, -0.1) is 0 Å². The predicted octanol–water partition coefficient (Wildman–Crippen LogP) is 2.14. The highest BCUT2D eigenvalue weighted by Crippen LogP contribution is 2.23. The summed E-state index contributed by atoms with van der Waals surface area (Å²) in [6, 6.07) is 7.11. The van der Waals surface area contributed by atoms with E-state index in [1.807, 2.05) is 0 Å². The van der Waals surface area contributed by atoms with E-state index in [2.05, 4.69) is 10.3 Å². The van der Waals surface area contributed by atoms with Crippen LogP contribution >= 0.6 is 11.6 Å². The zero-order chi connectivity index (χ0) is 19.7. The van der Waals surface area contributed by atoms with Crippen molar-refractivity contribution in [3.05, 3.63) is 58.2 Å². The van der Waals surface area contributed by atoms with Gasteiger partial charge < -0.3 is 10.1 Å². The van der Waals surface area contributed by atoms with Gasteiger partial charge in [0.15, 0.2) is 6.10 Å². The number of imide groups is 1. The molecule has 138 valence electrons. The second-order valence-electron chi connectivity index (χ2n) is 5.83. The summed E-state index contributed by atoms with van der Waals surface area (Å²) in [6.45, 7) is 1.40. The van der Waals surface area contributed by atoms with Gasteiger partial charge in [0.1, 0.15) is 5.82 Å². The first kappa shape index (κ1) is 18.5.